The highest BCUT2D eigenvalue weighted by molar-refractivity contribution is 5.67. The van der Waals surface area contributed by atoms with Gasteiger partial charge in [-0.05, 0) is 48.6 Å². The second-order valence-electron chi connectivity index (χ2n) is 6.01. The van der Waals surface area contributed by atoms with E-state index in [1.807, 2.05) is 44.2 Å². The molecule has 4 heteroatoms. The van der Waals surface area contributed by atoms with Crippen molar-refractivity contribution >= 4 is 6.09 Å². The van der Waals surface area contributed by atoms with Crippen molar-refractivity contribution < 1.29 is 13.9 Å². The molecule has 0 unspecified atom stereocenters. The number of hydrogen-bond donors (Lipinski definition) is 0. The normalized spacial score (nSPS) is 10.5. The van der Waals surface area contributed by atoms with E-state index in [0.29, 0.717) is 6.54 Å². The molecule has 2 rings (SSSR count). The van der Waals surface area contributed by atoms with E-state index in [4.69, 9.17) is 4.74 Å². The quantitative estimate of drug-likeness (QED) is 0.767. The predicted octanol–water partition coefficient (Wildman–Crippen LogP) is 4.72. The standard InChI is InChI=1S/C20H24FNO2/c1-15-11-17(3)19(12-16(15)2)13-22(10-9-21)20(23)24-14-18-7-5-4-6-8-18/h4-8,11-12H,9-10,13-14H2,1-3H3. The summed E-state index contributed by atoms with van der Waals surface area (Å²) in [4.78, 5) is 13.7. The molecule has 0 saturated carbocycles. The summed E-state index contributed by atoms with van der Waals surface area (Å²) in [6.07, 6.45) is -0.492. The minimum atomic E-state index is -0.593. The zero-order valence-electron chi connectivity index (χ0n) is 14.5. The SMILES string of the molecule is Cc1cc(C)c(CN(CCF)C(=O)OCc2ccccc2)cc1C. The topological polar surface area (TPSA) is 29.5 Å². The monoisotopic (exact) mass is 329 g/mol. The Kier molecular flexibility index (Phi) is 6.36. The van der Waals surface area contributed by atoms with Crippen molar-refractivity contribution in [1.82, 2.24) is 4.90 Å². The van der Waals surface area contributed by atoms with Gasteiger partial charge in [0.05, 0.1) is 6.54 Å². The fourth-order valence-corrected chi connectivity index (χ4v) is 2.54. The molecule has 0 radical (unpaired) electrons. The van der Waals surface area contributed by atoms with Crippen LogP contribution in [0.3, 0.4) is 0 Å². The Morgan fingerprint density at radius 3 is 2.38 bits per heavy atom. The van der Waals surface area contributed by atoms with Gasteiger partial charge in [-0.2, -0.15) is 0 Å². The van der Waals surface area contributed by atoms with Gasteiger partial charge in [-0.3, -0.25) is 0 Å². The number of benzene rings is 2. The summed E-state index contributed by atoms with van der Waals surface area (Å²) in [7, 11) is 0. The Morgan fingerprint density at radius 1 is 1.04 bits per heavy atom. The smallest absolute Gasteiger partial charge is 0.410 e. The number of carbonyl (C=O) groups is 1. The molecule has 0 atom stereocenters. The number of nitrogens with zero attached hydrogens (tertiary/aromatic N) is 1. The van der Waals surface area contributed by atoms with Crippen LogP contribution in [-0.2, 0) is 17.9 Å². The second kappa shape index (κ2) is 8.48. The first kappa shape index (κ1) is 18.0. The highest BCUT2D eigenvalue weighted by Crippen LogP contribution is 2.18. The first-order valence-electron chi connectivity index (χ1n) is 8.09. The third-order valence-corrected chi connectivity index (χ3v) is 4.13. The van der Waals surface area contributed by atoms with Gasteiger partial charge in [0, 0.05) is 6.54 Å². The lowest BCUT2D eigenvalue weighted by Crippen LogP contribution is -2.33. The summed E-state index contributed by atoms with van der Waals surface area (Å²) < 4.78 is 18.2. The largest absolute Gasteiger partial charge is 0.445 e. The van der Waals surface area contributed by atoms with Gasteiger partial charge in [-0.25, -0.2) is 9.18 Å². The highest BCUT2D eigenvalue weighted by atomic mass is 19.1. The van der Waals surface area contributed by atoms with Crippen LogP contribution in [0.1, 0.15) is 27.8 Å². The summed E-state index contributed by atoms with van der Waals surface area (Å²) in [5.74, 6) is 0. The first-order chi connectivity index (χ1) is 11.5. The van der Waals surface area contributed by atoms with E-state index in [1.165, 1.54) is 10.5 Å². The van der Waals surface area contributed by atoms with E-state index in [0.717, 1.165) is 22.3 Å². The summed E-state index contributed by atoms with van der Waals surface area (Å²) >= 11 is 0. The molecule has 0 spiro atoms. The van der Waals surface area contributed by atoms with E-state index in [2.05, 4.69) is 19.1 Å². The van der Waals surface area contributed by atoms with Gasteiger partial charge in [0.2, 0.25) is 0 Å². The van der Waals surface area contributed by atoms with Crippen LogP contribution >= 0.6 is 0 Å². The summed E-state index contributed by atoms with van der Waals surface area (Å²) in [5.41, 5.74) is 5.39. The molecule has 2 aromatic rings. The Morgan fingerprint density at radius 2 is 1.71 bits per heavy atom. The molecule has 0 fully saturated rings. The van der Waals surface area contributed by atoms with E-state index in [9.17, 15) is 9.18 Å². The Balaban J connectivity index is 2.05. The molecular weight excluding hydrogens is 305 g/mol. The number of alkyl halides is 1. The number of carbonyl (C=O) groups excluding carboxylic acids is 1. The number of rotatable bonds is 6. The van der Waals surface area contributed by atoms with Crippen molar-refractivity contribution in [3.05, 3.63) is 70.3 Å². The van der Waals surface area contributed by atoms with Crippen molar-refractivity contribution in [2.24, 2.45) is 0 Å². The lowest BCUT2D eigenvalue weighted by atomic mass is 10.0. The fourth-order valence-electron chi connectivity index (χ4n) is 2.54. The number of ether oxygens (including phenoxy) is 1. The van der Waals surface area contributed by atoms with Gasteiger partial charge in [-0.15, -0.1) is 0 Å². The van der Waals surface area contributed by atoms with Crippen molar-refractivity contribution in [2.45, 2.75) is 33.9 Å². The molecular formula is C20H24FNO2. The molecule has 0 bridgehead atoms. The van der Waals surface area contributed by atoms with Crippen LogP contribution in [0.15, 0.2) is 42.5 Å². The molecule has 0 aliphatic carbocycles. The van der Waals surface area contributed by atoms with Crippen LogP contribution < -0.4 is 0 Å². The van der Waals surface area contributed by atoms with Gasteiger partial charge in [0.25, 0.3) is 0 Å². The van der Waals surface area contributed by atoms with E-state index in [-0.39, 0.29) is 13.2 Å². The van der Waals surface area contributed by atoms with E-state index in [1.54, 1.807) is 0 Å². The molecule has 3 nitrogen and oxygen atoms in total. The molecule has 128 valence electrons. The van der Waals surface area contributed by atoms with Crippen LogP contribution in [0.2, 0.25) is 0 Å². The Bertz CT molecular complexity index is 686. The minimum Gasteiger partial charge on any atom is -0.445 e. The number of halogens is 1. The average Bonchev–Trinajstić information content (AvgIpc) is 2.58. The molecule has 0 aromatic heterocycles. The zero-order valence-corrected chi connectivity index (χ0v) is 14.5. The summed E-state index contributed by atoms with van der Waals surface area (Å²) in [6, 6.07) is 13.6. The number of amides is 1. The lowest BCUT2D eigenvalue weighted by molar-refractivity contribution is 0.0911. The molecule has 0 aliphatic rings. The van der Waals surface area contributed by atoms with Crippen molar-refractivity contribution in [3.63, 3.8) is 0 Å². The maximum Gasteiger partial charge on any atom is 0.410 e. The maximum atomic E-state index is 12.9. The van der Waals surface area contributed by atoms with Gasteiger partial charge < -0.3 is 9.64 Å². The van der Waals surface area contributed by atoms with Gasteiger partial charge >= 0.3 is 6.09 Å². The third kappa shape index (κ3) is 4.82. The number of hydrogen-bond acceptors (Lipinski definition) is 2. The Labute approximate surface area is 143 Å². The Hall–Kier alpha value is -2.36. The molecule has 0 aliphatic heterocycles. The molecule has 2 aromatic carbocycles. The van der Waals surface area contributed by atoms with Crippen molar-refractivity contribution in [1.29, 1.82) is 0 Å². The third-order valence-electron chi connectivity index (χ3n) is 4.13. The first-order valence-corrected chi connectivity index (χ1v) is 8.09. The van der Waals surface area contributed by atoms with E-state index < -0.39 is 12.8 Å². The fraction of sp³-hybridized carbons (Fsp3) is 0.350. The molecule has 0 heterocycles. The second-order valence-corrected chi connectivity index (χ2v) is 6.01. The zero-order chi connectivity index (χ0) is 17.5. The minimum absolute atomic E-state index is 0.0278. The van der Waals surface area contributed by atoms with Gasteiger partial charge in [0.15, 0.2) is 0 Å². The van der Waals surface area contributed by atoms with Crippen LogP contribution in [0.5, 0.6) is 0 Å². The molecule has 1 amide bonds. The molecule has 24 heavy (non-hydrogen) atoms. The van der Waals surface area contributed by atoms with Crippen LogP contribution in [-0.4, -0.2) is 24.2 Å². The van der Waals surface area contributed by atoms with E-state index >= 15 is 0 Å². The molecule has 0 saturated heterocycles. The van der Waals surface area contributed by atoms with Gasteiger partial charge in [-0.1, -0.05) is 42.5 Å². The maximum absolute atomic E-state index is 12.9. The summed E-state index contributed by atoms with van der Waals surface area (Å²) in [6.45, 7) is 6.07. The van der Waals surface area contributed by atoms with Crippen molar-refractivity contribution in [3.8, 4) is 0 Å². The molecule has 0 N–H and O–H groups in total. The van der Waals surface area contributed by atoms with Crippen LogP contribution in [0.25, 0.3) is 0 Å². The summed E-state index contributed by atoms with van der Waals surface area (Å²) in [5, 5.41) is 0. The number of aryl methyl sites for hydroxylation is 3. The average molecular weight is 329 g/mol. The van der Waals surface area contributed by atoms with Crippen LogP contribution in [0, 0.1) is 20.8 Å². The highest BCUT2D eigenvalue weighted by Gasteiger charge is 2.17. The predicted molar refractivity (Wildman–Crippen MR) is 93.7 cm³/mol. The van der Waals surface area contributed by atoms with Gasteiger partial charge in [0.1, 0.15) is 13.3 Å². The van der Waals surface area contributed by atoms with Crippen LogP contribution in [0.4, 0.5) is 9.18 Å². The van der Waals surface area contributed by atoms with Crippen molar-refractivity contribution in [2.75, 3.05) is 13.2 Å². The lowest BCUT2D eigenvalue weighted by Gasteiger charge is -2.22.